The van der Waals surface area contributed by atoms with Crippen molar-refractivity contribution in [3.8, 4) is 28.7 Å². The first-order chi connectivity index (χ1) is 15.3. The maximum absolute atomic E-state index is 10.2. The molecule has 0 aromatic heterocycles. The number of nitrogens with zero attached hydrogens (tertiary/aromatic N) is 1. The van der Waals surface area contributed by atoms with E-state index in [0.717, 1.165) is 33.8 Å². The van der Waals surface area contributed by atoms with Crippen LogP contribution in [-0.2, 0) is 0 Å². The minimum Gasteiger partial charge on any atom is -0.508 e. The second-order valence-corrected chi connectivity index (χ2v) is 7.80. The third kappa shape index (κ3) is 4.18. The maximum atomic E-state index is 10.2. The largest absolute Gasteiger partial charge is 0.508 e. The summed E-state index contributed by atoms with van der Waals surface area (Å²) in [5, 5.41) is 30.1. The lowest BCUT2D eigenvalue weighted by atomic mass is 10.1. The summed E-state index contributed by atoms with van der Waals surface area (Å²) in [6, 6.07) is 23.3. The van der Waals surface area contributed by atoms with Crippen LogP contribution in [0.15, 0.2) is 78.9 Å². The number of benzene rings is 4. The summed E-state index contributed by atoms with van der Waals surface area (Å²) in [4.78, 5) is 2.05. The van der Waals surface area contributed by atoms with Crippen molar-refractivity contribution in [3.63, 3.8) is 0 Å². The number of ether oxygens (including phenoxy) is 1. The van der Waals surface area contributed by atoms with Gasteiger partial charge in [-0.15, -0.1) is 0 Å². The van der Waals surface area contributed by atoms with Gasteiger partial charge in [-0.25, -0.2) is 0 Å². The van der Waals surface area contributed by atoms with Crippen molar-refractivity contribution in [1.29, 1.82) is 0 Å². The van der Waals surface area contributed by atoms with Crippen molar-refractivity contribution < 1.29 is 20.1 Å². The average molecular weight is 428 g/mol. The van der Waals surface area contributed by atoms with Crippen LogP contribution in [0.1, 0.15) is 16.7 Å². The van der Waals surface area contributed by atoms with Crippen molar-refractivity contribution in [1.82, 2.24) is 0 Å². The quantitative estimate of drug-likeness (QED) is 0.320. The molecule has 0 saturated carbocycles. The van der Waals surface area contributed by atoms with Gasteiger partial charge in [-0.2, -0.15) is 0 Å². The van der Waals surface area contributed by atoms with Crippen LogP contribution >= 0.6 is 0 Å². The number of aryl methyl sites for hydroxylation is 3. The Bertz CT molecular complexity index is 1210. The predicted molar refractivity (Wildman–Crippen MR) is 127 cm³/mol. The van der Waals surface area contributed by atoms with E-state index >= 15 is 0 Å². The van der Waals surface area contributed by atoms with Gasteiger partial charge in [-0.3, -0.25) is 0 Å². The molecular weight excluding hydrogens is 402 g/mol. The van der Waals surface area contributed by atoms with Crippen molar-refractivity contribution >= 4 is 17.1 Å². The zero-order valence-corrected chi connectivity index (χ0v) is 18.2. The fourth-order valence-corrected chi connectivity index (χ4v) is 3.76. The summed E-state index contributed by atoms with van der Waals surface area (Å²) in [5.41, 5.74) is 5.20. The minimum absolute atomic E-state index is 0.0796. The van der Waals surface area contributed by atoms with E-state index in [1.165, 1.54) is 0 Å². The number of rotatable bonds is 5. The first kappa shape index (κ1) is 21.1. The monoisotopic (exact) mass is 427 g/mol. The molecule has 4 rings (SSSR count). The molecule has 0 radical (unpaired) electrons. The van der Waals surface area contributed by atoms with E-state index in [4.69, 9.17) is 4.74 Å². The highest BCUT2D eigenvalue weighted by atomic mass is 16.5. The molecule has 0 spiro atoms. The van der Waals surface area contributed by atoms with E-state index in [2.05, 4.69) is 0 Å². The molecule has 0 unspecified atom stereocenters. The summed E-state index contributed by atoms with van der Waals surface area (Å²) in [6.07, 6.45) is 0. The smallest absolute Gasteiger partial charge is 0.171 e. The Morgan fingerprint density at radius 2 is 1.22 bits per heavy atom. The van der Waals surface area contributed by atoms with Crippen LogP contribution in [0.25, 0.3) is 0 Å². The van der Waals surface area contributed by atoms with E-state index in [0.29, 0.717) is 11.5 Å². The molecule has 3 N–H and O–H groups in total. The number of hydrogen-bond acceptors (Lipinski definition) is 5. The lowest BCUT2D eigenvalue weighted by molar-refractivity contribution is 0.409. The normalized spacial score (nSPS) is 10.7. The molecular formula is C27H25NO4. The standard InChI is InChI=1S/C27H25NO4/c1-17-6-4-9-26(31)27(17)32-23-8-5-7-20(16-23)28(24-12-10-21(29)14-18(24)2)25-13-11-22(30)15-19(25)3/h4-16,29-31H,1-3H3. The Hall–Kier alpha value is -4.12. The van der Waals surface area contributed by atoms with Crippen molar-refractivity contribution in [2.45, 2.75) is 20.8 Å². The highest BCUT2D eigenvalue weighted by molar-refractivity contribution is 5.81. The van der Waals surface area contributed by atoms with Gasteiger partial charge in [0.2, 0.25) is 0 Å². The topological polar surface area (TPSA) is 73.2 Å². The van der Waals surface area contributed by atoms with Gasteiger partial charge >= 0.3 is 0 Å². The third-order valence-electron chi connectivity index (χ3n) is 5.33. The number of anilines is 3. The Kier molecular flexibility index (Phi) is 5.65. The lowest BCUT2D eigenvalue weighted by Gasteiger charge is -2.29. The summed E-state index contributed by atoms with van der Waals surface area (Å²) in [5.74, 6) is 1.46. The number of aromatic hydroxyl groups is 3. The van der Waals surface area contributed by atoms with Gasteiger partial charge in [0.05, 0.1) is 0 Å². The van der Waals surface area contributed by atoms with Gasteiger partial charge in [-0.1, -0.05) is 18.2 Å². The number of phenolic OH excluding ortho intramolecular Hbond substituents is 3. The van der Waals surface area contributed by atoms with Crippen LogP contribution in [0.3, 0.4) is 0 Å². The van der Waals surface area contributed by atoms with Gasteiger partial charge in [0.15, 0.2) is 11.5 Å². The molecule has 0 fully saturated rings. The average Bonchev–Trinajstić information content (AvgIpc) is 2.74. The second-order valence-electron chi connectivity index (χ2n) is 7.80. The zero-order valence-electron chi connectivity index (χ0n) is 18.2. The lowest BCUT2D eigenvalue weighted by Crippen LogP contribution is -2.12. The van der Waals surface area contributed by atoms with Crippen LogP contribution in [0, 0.1) is 20.8 Å². The minimum atomic E-state index is 0.0796. The Morgan fingerprint density at radius 1 is 0.625 bits per heavy atom. The highest BCUT2D eigenvalue weighted by Gasteiger charge is 2.18. The third-order valence-corrected chi connectivity index (χ3v) is 5.33. The molecule has 0 amide bonds. The number of hydrogen-bond donors (Lipinski definition) is 3. The summed E-state index contributed by atoms with van der Waals surface area (Å²) in [7, 11) is 0. The van der Waals surface area contributed by atoms with E-state index in [-0.39, 0.29) is 17.2 Å². The SMILES string of the molecule is Cc1cc(O)ccc1N(c1cccc(Oc2c(C)cccc2O)c1)c1ccc(O)cc1C. The molecule has 0 aliphatic rings. The Morgan fingerprint density at radius 3 is 1.78 bits per heavy atom. The summed E-state index contributed by atoms with van der Waals surface area (Å²) < 4.78 is 6.04. The number of phenols is 3. The Labute approximate surface area is 187 Å². The van der Waals surface area contributed by atoms with Gasteiger partial charge < -0.3 is 25.0 Å². The molecule has 5 heteroatoms. The summed E-state index contributed by atoms with van der Waals surface area (Å²) in [6.45, 7) is 5.75. The fraction of sp³-hybridized carbons (Fsp3) is 0.111. The molecule has 0 bridgehead atoms. The molecule has 0 saturated heterocycles. The van der Waals surface area contributed by atoms with Crippen molar-refractivity contribution in [2.24, 2.45) is 0 Å². The second kappa shape index (κ2) is 8.55. The Balaban J connectivity index is 1.84. The van der Waals surface area contributed by atoms with Crippen LogP contribution in [0.5, 0.6) is 28.7 Å². The first-order valence-corrected chi connectivity index (χ1v) is 10.3. The van der Waals surface area contributed by atoms with Crippen LogP contribution < -0.4 is 9.64 Å². The van der Waals surface area contributed by atoms with E-state index < -0.39 is 0 Å². The van der Waals surface area contributed by atoms with Gasteiger partial charge in [0.25, 0.3) is 0 Å². The van der Waals surface area contributed by atoms with Gasteiger partial charge in [0.1, 0.15) is 17.2 Å². The van der Waals surface area contributed by atoms with Gasteiger partial charge in [-0.05, 0) is 92.1 Å². The van der Waals surface area contributed by atoms with E-state index in [1.807, 2.05) is 68.1 Å². The van der Waals surface area contributed by atoms with Crippen molar-refractivity contribution in [2.75, 3.05) is 4.90 Å². The van der Waals surface area contributed by atoms with Gasteiger partial charge in [0, 0.05) is 23.1 Å². The fourth-order valence-electron chi connectivity index (χ4n) is 3.76. The molecule has 4 aromatic carbocycles. The molecule has 162 valence electrons. The predicted octanol–water partition coefficient (Wildman–Crippen LogP) is 6.99. The molecule has 5 nitrogen and oxygen atoms in total. The zero-order chi connectivity index (χ0) is 22.8. The summed E-state index contributed by atoms with van der Waals surface area (Å²) >= 11 is 0. The van der Waals surface area contributed by atoms with E-state index in [9.17, 15) is 15.3 Å². The maximum Gasteiger partial charge on any atom is 0.171 e. The first-order valence-electron chi connectivity index (χ1n) is 10.3. The van der Waals surface area contributed by atoms with Crippen LogP contribution in [0.4, 0.5) is 17.1 Å². The highest BCUT2D eigenvalue weighted by Crippen LogP contribution is 2.42. The van der Waals surface area contributed by atoms with Crippen LogP contribution in [-0.4, -0.2) is 15.3 Å². The molecule has 4 aromatic rings. The molecule has 32 heavy (non-hydrogen) atoms. The van der Waals surface area contributed by atoms with Crippen LogP contribution in [0.2, 0.25) is 0 Å². The molecule has 0 atom stereocenters. The molecule has 0 heterocycles. The molecule has 0 aliphatic carbocycles. The number of para-hydroxylation sites is 1. The van der Waals surface area contributed by atoms with Crippen molar-refractivity contribution in [3.05, 3.63) is 95.6 Å². The van der Waals surface area contributed by atoms with E-state index in [1.54, 1.807) is 36.4 Å². The molecule has 0 aliphatic heterocycles.